The highest BCUT2D eigenvalue weighted by molar-refractivity contribution is 5.31. The fourth-order valence-electron chi connectivity index (χ4n) is 0.832. The summed E-state index contributed by atoms with van der Waals surface area (Å²) in [4.78, 5) is 3.94. The van der Waals surface area contributed by atoms with Gasteiger partial charge in [0, 0.05) is 12.7 Å². The molecule has 11 heavy (non-hydrogen) atoms. The summed E-state index contributed by atoms with van der Waals surface area (Å²) in [5.41, 5.74) is 0.869. The average Bonchev–Trinajstić information content (AvgIpc) is 2.55. The van der Waals surface area contributed by atoms with Crippen LogP contribution in [0, 0.1) is 0 Å². The number of hydrogen-bond donors (Lipinski definition) is 1. The molecule has 0 amide bonds. The van der Waals surface area contributed by atoms with Gasteiger partial charge in [-0.25, -0.2) is 4.98 Å². The van der Waals surface area contributed by atoms with Gasteiger partial charge in [-0.3, -0.25) is 0 Å². The lowest BCUT2D eigenvalue weighted by molar-refractivity contribution is 0.522. The molecular weight excluding hydrogens is 140 g/mol. The van der Waals surface area contributed by atoms with Crippen molar-refractivity contribution in [3.8, 4) is 0 Å². The SMILES string of the molecule is C1=c2ncoc2=CCN1.CC. The zero-order valence-electron chi connectivity index (χ0n) is 6.79. The number of nitrogens with one attached hydrogen (secondary N) is 1. The molecule has 2 heterocycles. The first-order valence-electron chi connectivity index (χ1n) is 3.80. The van der Waals surface area contributed by atoms with E-state index in [0.29, 0.717) is 0 Å². The second-order valence-electron chi connectivity index (χ2n) is 1.86. The topological polar surface area (TPSA) is 38.1 Å². The Balaban J connectivity index is 0.000000281. The number of rotatable bonds is 0. The fourth-order valence-corrected chi connectivity index (χ4v) is 0.832. The predicted octanol–water partition coefficient (Wildman–Crippen LogP) is -0.177. The maximum Gasteiger partial charge on any atom is 0.182 e. The number of fused-ring (bicyclic) bond motifs is 1. The Bertz CT molecular complexity index is 283. The van der Waals surface area contributed by atoms with Gasteiger partial charge in [-0.05, 0) is 6.08 Å². The highest BCUT2D eigenvalue weighted by Gasteiger charge is 1.92. The molecule has 0 atom stereocenters. The van der Waals surface area contributed by atoms with E-state index in [4.69, 9.17) is 4.42 Å². The van der Waals surface area contributed by atoms with Crippen LogP contribution in [0.1, 0.15) is 13.8 Å². The summed E-state index contributed by atoms with van der Waals surface area (Å²) in [5.74, 6) is 0. The Hall–Kier alpha value is -1.25. The molecule has 0 aliphatic carbocycles. The number of nitrogens with zero attached hydrogens (tertiary/aromatic N) is 1. The normalized spacial score (nSPS) is 12.5. The summed E-state index contributed by atoms with van der Waals surface area (Å²) >= 11 is 0. The summed E-state index contributed by atoms with van der Waals surface area (Å²) in [5, 5.41) is 3.91. The second kappa shape index (κ2) is 3.81. The van der Waals surface area contributed by atoms with Gasteiger partial charge >= 0.3 is 0 Å². The molecule has 60 valence electrons. The quantitative estimate of drug-likeness (QED) is 0.560. The molecule has 0 saturated heterocycles. The van der Waals surface area contributed by atoms with Crippen molar-refractivity contribution in [2.45, 2.75) is 13.8 Å². The molecule has 0 aromatic carbocycles. The largest absolute Gasteiger partial charge is 0.444 e. The summed E-state index contributed by atoms with van der Waals surface area (Å²) in [7, 11) is 0. The van der Waals surface area contributed by atoms with Crippen LogP contribution in [0.2, 0.25) is 0 Å². The lowest BCUT2D eigenvalue weighted by atomic mass is 10.4. The fraction of sp³-hybridized carbons (Fsp3) is 0.375. The molecule has 0 saturated carbocycles. The average molecular weight is 152 g/mol. The minimum absolute atomic E-state index is 0.836. The zero-order chi connectivity index (χ0) is 8.10. The zero-order valence-corrected chi connectivity index (χ0v) is 6.79. The maximum atomic E-state index is 5.02. The van der Waals surface area contributed by atoms with Crippen LogP contribution >= 0.6 is 0 Å². The van der Waals surface area contributed by atoms with E-state index in [1.54, 1.807) is 0 Å². The van der Waals surface area contributed by atoms with Gasteiger partial charge in [-0.15, -0.1) is 0 Å². The van der Waals surface area contributed by atoms with Crippen molar-refractivity contribution in [2.24, 2.45) is 0 Å². The van der Waals surface area contributed by atoms with Gasteiger partial charge in [-0.2, -0.15) is 0 Å². The number of hydrogen-bond acceptors (Lipinski definition) is 3. The molecule has 2 rings (SSSR count). The first kappa shape index (κ1) is 7.85. The number of oxazole rings is 1. The Morgan fingerprint density at radius 3 is 3.09 bits per heavy atom. The van der Waals surface area contributed by atoms with Gasteiger partial charge in [0.15, 0.2) is 11.8 Å². The Morgan fingerprint density at radius 2 is 2.36 bits per heavy atom. The maximum absolute atomic E-state index is 5.02. The molecule has 0 fully saturated rings. The van der Waals surface area contributed by atoms with Crippen LogP contribution in [-0.4, -0.2) is 11.5 Å². The van der Waals surface area contributed by atoms with Crippen molar-refractivity contribution in [1.29, 1.82) is 0 Å². The van der Waals surface area contributed by atoms with Crippen molar-refractivity contribution >= 4 is 12.3 Å². The molecule has 1 aliphatic heterocycles. The van der Waals surface area contributed by atoms with Crippen LogP contribution < -0.4 is 16.1 Å². The van der Waals surface area contributed by atoms with Crippen molar-refractivity contribution in [3.05, 3.63) is 17.2 Å². The van der Waals surface area contributed by atoms with E-state index in [0.717, 1.165) is 17.3 Å². The lowest BCUT2D eigenvalue weighted by Crippen LogP contribution is -2.31. The van der Waals surface area contributed by atoms with Gasteiger partial charge < -0.3 is 9.73 Å². The summed E-state index contributed by atoms with van der Waals surface area (Å²) in [6, 6.07) is 0. The van der Waals surface area contributed by atoms with E-state index in [1.807, 2.05) is 26.1 Å². The van der Waals surface area contributed by atoms with Crippen LogP contribution in [0.4, 0.5) is 0 Å². The lowest BCUT2D eigenvalue weighted by Gasteiger charge is -1.94. The molecule has 1 aliphatic rings. The van der Waals surface area contributed by atoms with Crippen molar-refractivity contribution in [3.63, 3.8) is 0 Å². The molecular formula is C8H12N2O. The molecule has 3 heteroatoms. The summed E-state index contributed by atoms with van der Waals surface area (Å²) in [6.45, 7) is 4.84. The monoisotopic (exact) mass is 152 g/mol. The minimum Gasteiger partial charge on any atom is -0.444 e. The summed E-state index contributed by atoms with van der Waals surface area (Å²) in [6.07, 6.45) is 5.26. The smallest absolute Gasteiger partial charge is 0.182 e. The van der Waals surface area contributed by atoms with Crippen LogP contribution in [0.3, 0.4) is 0 Å². The van der Waals surface area contributed by atoms with E-state index in [9.17, 15) is 0 Å². The van der Waals surface area contributed by atoms with Gasteiger partial charge in [-0.1, -0.05) is 13.8 Å². The predicted molar refractivity (Wildman–Crippen MR) is 44.0 cm³/mol. The van der Waals surface area contributed by atoms with Crippen LogP contribution in [0.25, 0.3) is 12.3 Å². The van der Waals surface area contributed by atoms with Crippen molar-refractivity contribution in [1.82, 2.24) is 10.3 Å². The Labute approximate surface area is 65.4 Å². The second-order valence-corrected chi connectivity index (χ2v) is 1.86. The van der Waals surface area contributed by atoms with E-state index < -0.39 is 0 Å². The molecule has 0 bridgehead atoms. The standard InChI is InChI=1S/C6H6N2O.C2H6/c1-2-7-3-5-6(1)9-4-8-5;1-2/h1,3-4,7H,2H2;1-2H3. The third-order valence-electron chi connectivity index (χ3n) is 1.27. The highest BCUT2D eigenvalue weighted by Crippen LogP contribution is 1.70. The van der Waals surface area contributed by atoms with Crippen molar-refractivity contribution in [2.75, 3.05) is 6.54 Å². The van der Waals surface area contributed by atoms with Gasteiger partial charge in [0.25, 0.3) is 0 Å². The van der Waals surface area contributed by atoms with E-state index in [-0.39, 0.29) is 0 Å². The third kappa shape index (κ3) is 1.61. The van der Waals surface area contributed by atoms with E-state index >= 15 is 0 Å². The molecule has 0 radical (unpaired) electrons. The molecule has 0 spiro atoms. The molecule has 1 aromatic rings. The Kier molecular flexibility index (Phi) is 2.72. The van der Waals surface area contributed by atoms with Gasteiger partial charge in [0.1, 0.15) is 5.35 Å². The molecule has 1 aromatic heterocycles. The molecule has 1 N–H and O–H groups in total. The minimum atomic E-state index is 0.836. The van der Waals surface area contributed by atoms with Crippen LogP contribution in [0.5, 0.6) is 0 Å². The Morgan fingerprint density at radius 1 is 1.55 bits per heavy atom. The van der Waals surface area contributed by atoms with E-state index in [1.165, 1.54) is 6.39 Å². The van der Waals surface area contributed by atoms with Gasteiger partial charge in [0.05, 0.1) is 0 Å². The number of aromatic nitrogens is 1. The molecule has 3 nitrogen and oxygen atoms in total. The first-order valence-corrected chi connectivity index (χ1v) is 3.80. The van der Waals surface area contributed by atoms with Crippen LogP contribution in [-0.2, 0) is 0 Å². The summed E-state index contributed by atoms with van der Waals surface area (Å²) < 4.78 is 5.02. The molecule has 0 unspecified atom stereocenters. The third-order valence-corrected chi connectivity index (χ3v) is 1.27. The van der Waals surface area contributed by atoms with Crippen molar-refractivity contribution < 1.29 is 4.42 Å². The highest BCUT2D eigenvalue weighted by atomic mass is 16.3. The van der Waals surface area contributed by atoms with Crippen LogP contribution in [0.15, 0.2) is 10.8 Å². The van der Waals surface area contributed by atoms with E-state index in [2.05, 4.69) is 10.3 Å². The van der Waals surface area contributed by atoms with Gasteiger partial charge in [0.2, 0.25) is 0 Å². The first-order chi connectivity index (χ1) is 5.47.